The molecule has 2 aliphatic rings. The molecular weight excluding hydrogens is 382 g/mol. The zero-order valence-electron chi connectivity index (χ0n) is 18.5. The van der Waals surface area contributed by atoms with Gasteiger partial charge in [0.1, 0.15) is 5.37 Å². The van der Waals surface area contributed by atoms with Crippen LogP contribution in [0.4, 0.5) is 0 Å². The second-order valence-corrected chi connectivity index (χ2v) is 10.7. The lowest BCUT2D eigenvalue weighted by Gasteiger charge is -2.33. The first-order valence-electron chi connectivity index (χ1n) is 10.9. The summed E-state index contributed by atoms with van der Waals surface area (Å²) in [6.45, 7) is 15.9. The van der Waals surface area contributed by atoms with Gasteiger partial charge in [-0.15, -0.1) is 11.8 Å². The molecule has 2 aliphatic heterocycles. The van der Waals surface area contributed by atoms with Crippen LogP contribution in [0.2, 0.25) is 0 Å². The summed E-state index contributed by atoms with van der Waals surface area (Å²) in [5, 5.41) is 0.116. The molecule has 160 valence electrons. The molecule has 29 heavy (non-hydrogen) atoms. The van der Waals surface area contributed by atoms with Gasteiger partial charge in [-0.3, -0.25) is 9.59 Å². The van der Waals surface area contributed by atoms with Gasteiger partial charge in [-0.2, -0.15) is 0 Å². The molecular formula is C23H36N3O2S+. The van der Waals surface area contributed by atoms with Gasteiger partial charge in [0.2, 0.25) is 11.8 Å². The van der Waals surface area contributed by atoms with E-state index < -0.39 is 0 Å². The van der Waals surface area contributed by atoms with Crippen LogP contribution in [-0.4, -0.2) is 66.1 Å². The predicted octanol–water partition coefficient (Wildman–Crippen LogP) is 2.08. The van der Waals surface area contributed by atoms with Gasteiger partial charge in [0, 0.05) is 6.42 Å². The molecule has 0 aromatic heterocycles. The minimum atomic E-state index is 0.0105. The van der Waals surface area contributed by atoms with E-state index in [1.54, 1.807) is 11.8 Å². The van der Waals surface area contributed by atoms with Gasteiger partial charge in [-0.05, 0) is 23.5 Å². The lowest BCUT2D eigenvalue weighted by Crippen LogP contribution is -3.15. The Labute approximate surface area is 179 Å². The maximum Gasteiger partial charge on any atom is 0.236 e. The first-order valence-corrected chi connectivity index (χ1v) is 11.8. The fraction of sp³-hybridized carbons (Fsp3) is 0.652. The van der Waals surface area contributed by atoms with Crippen LogP contribution in [0.15, 0.2) is 24.3 Å². The van der Waals surface area contributed by atoms with Crippen molar-refractivity contribution in [2.24, 2.45) is 0 Å². The fourth-order valence-corrected chi connectivity index (χ4v) is 5.44. The minimum Gasteiger partial charge on any atom is -0.331 e. The highest BCUT2D eigenvalue weighted by Crippen LogP contribution is 2.42. The molecule has 2 heterocycles. The van der Waals surface area contributed by atoms with Gasteiger partial charge < -0.3 is 14.7 Å². The van der Waals surface area contributed by atoms with E-state index >= 15 is 0 Å². The largest absolute Gasteiger partial charge is 0.331 e. The lowest BCUT2D eigenvalue weighted by molar-refractivity contribution is -0.903. The third-order valence-electron chi connectivity index (χ3n) is 6.14. The van der Waals surface area contributed by atoms with Crippen molar-refractivity contribution >= 4 is 23.6 Å². The van der Waals surface area contributed by atoms with Gasteiger partial charge in [-0.1, -0.05) is 52.0 Å². The van der Waals surface area contributed by atoms with E-state index in [2.05, 4.69) is 49.9 Å². The molecule has 0 unspecified atom stereocenters. The second kappa shape index (κ2) is 9.09. The van der Waals surface area contributed by atoms with Gasteiger partial charge >= 0.3 is 0 Å². The van der Waals surface area contributed by atoms with Crippen molar-refractivity contribution in [1.29, 1.82) is 0 Å². The van der Waals surface area contributed by atoms with Crippen LogP contribution in [0.1, 0.15) is 57.5 Å². The van der Waals surface area contributed by atoms with Crippen LogP contribution in [0.3, 0.4) is 0 Å². The Morgan fingerprint density at radius 3 is 2.34 bits per heavy atom. The van der Waals surface area contributed by atoms with Gasteiger partial charge in [0.25, 0.3) is 0 Å². The third kappa shape index (κ3) is 5.15. The van der Waals surface area contributed by atoms with Crippen LogP contribution in [0.25, 0.3) is 0 Å². The van der Waals surface area contributed by atoms with Crippen molar-refractivity contribution in [2.45, 2.75) is 57.1 Å². The molecule has 2 atom stereocenters. The Balaban J connectivity index is 1.61. The van der Waals surface area contributed by atoms with Gasteiger partial charge in [0.05, 0.1) is 44.5 Å². The topological polar surface area (TPSA) is 45.1 Å². The Bertz CT molecular complexity index is 721. The summed E-state index contributed by atoms with van der Waals surface area (Å²) in [6, 6.07) is 8.80. The molecule has 1 N–H and O–H groups in total. The van der Waals surface area contributed by atoms with Gasteiger partial charge in [-0.25, -0.2) is 0 Å². The molecule has 6 heteroatoms. The quantitative estimate of drug-likeness (QED) is 0.796. The molecule has 0 saturated carbocycles. The molecule has 0 radical (unpaired) electrons. The van der Waals surface area contributed by atoms with E-state index in [0.717, 1.165) is 39.3 Å². The minimum absolute atomic E-state index is 0.0105. The van der Waals surface area contributed by atoms with Crippen molar-refractivity contribution in [3.05, 3.63) is 35.4 Å². The highest BCUT2D eigenvalue weighted by molar-refractivity contribution is 8.01. The zero-order valence-corrected chi connectivity index (χ0v) is 19.3. The highest BCUT2D eigenvalue weighted by atomic mass is 32.2. The molecule has 1 aromatic carbocycles. The lowest BCUT2D eigenvalue weighted by atomic mass is 9.86. The Morgan fingerprint density at radius 1 is 1.17 bits per heavy atom. The highest BCUT2D eigenvalue weighted by Gasteiger charge is 2.39. The number of carbonyl (C=O) groups excluding carboxylic acids is 2. The Kier molecular flexibility index (Phi) is 6.94. The number of quaternary nitrogens is 1. The SMILES string of the molecule is CCC(=O)N1CC[NH+](CCN2C(=O)[C@H](C)S[C@@H]2c2ccc(C(C)(C)C)cc2)CC1. The van der Waals surface area contributed by atoms with Crippen molar-refractivity contribution < 1.29 is 14.5 Å². The number of thioether (sulfide) groups is 1. The summed E-state index contributed by atoms with van der Waals surface area (Å²) < 4.78 is 0. The first-order chi connectivity index (χ1) is 13.7. The fourth-order valence-electron chi connectivity index (χ4n) is 4.13. The standard InChI is InChI=1S/C23H35N3O2S/c1-6-20(27)25-14-11-24(12-15-25)13-16-26-21(28)17(2)29-22(26)18-7-9-19(10-8-18)23(3,4)5/h7-10,17,22H,6,11-16H2,1-5H3/p+1/t17-,22+/m0/s1. The van der Waals surface area contributed by atoms with Crippen LogP contribution in [-0.2, 0) is 15.0 Å². The number of amides is 2. The molecule has 0 spiro atoms. The molecule has 2 amide bonds. The number of rotatable bonds is 5. The molecule has 5 nitrogen and oxygen atoms in total. The number of nitrogens with zero attached hydrogens (tertiary/aromatic N) is 2. The van der Waals surface area contributed by atoms with Crippen molar-refractivity contribution in [2.75, 3.05) is 39.3 Å². The number of hydrogen-bond donors (Lipinski definition) is 1. The number of carbonyl (C=O) groups is 2. The van der Waals surface area contributed by atoms with E-state index in [1.165, 1.54) is 16.0 Å². The van der Waals surface area contributed by atoms with Crippen LogP contribution in [0.5, 0.6) is 0 Å². The van der Waals surface area contributed by atoms with E-state index in [9.17, 15) is 9.59 Å². The maximum atomic E-state index is 12.8. The average molecular weight is 419 g/mol. The second-order valence-electron chi connectivity index (χ2n) is 9.27. The average Bonchev–Trinajstić information content (AvgIpc) is 2.99. The number of hydrogen-bond acceptors (Lipinski definition) is 3. The van der Waals surface area contributed by atoms with E-state index in [4.69, 9.17) is 0 Å². The summed E-state index contributed by atoms with van der Waals surface area (Å²) in [6.07, 6.45) is 0.586. The van der Waals surface area contributed by atoms with Crippen LogP contribution in [0, 0.1) is 0 Å². The molecule has 2 saturated heterocycles. The molecule has 2 fully saturated rings. The summed E-state index contributed by atoms with van der Waals surface area (Å²) in [5.41, 5.74) is 2.67. The van der Waals surface area contributed by atoms with Crippen molar-refractivity contribution in [3.63, 3.8) is 0 Å². The molecule has 0 bridgehead atoms. The van der Waals surface area contributed by atoms with Crippen molar-refractivity contribution in [3.8, 4) is 0 Å². The summed E-state index contributed by atoms with van der Waals surface area (Å²) >= 11 is 1.76. The summed E-state index contributed by atoms with van der Waals surface area (Å²) in [4.78, 5) is 30.2. The molecule has 0 aliphatic carbocycles. The van der Waals surface area contributed by atoms with E-state index in [1.807, 2.05) is 18.7 Å². The van der Waals surface area contributed by atoms with Gasteiger partial charge in [0.15, 0.2) is 0 Å². The monoisotopic (exact) mass is 418 g/mol. The predicted molar refractivity (Wildman–Crippen MR) is 119 cm³/mol. The Morgan fingerprint density at radius 2 is 1.79 bits per heavy atom. The Hall–Kier alpha value is -1.53. The summed E-state index contributed by atoms with van der Waals surface area (Å²) in [5.74, 6) is 0.502. The number of nitrogens with one attached hydrogen (secondary N) is 1. The number of benzene rings is 1. The molecule has 1 aromatic rings. The zero-order chi connectivity index (χ0) is 21.2. The maximum absolute atomic E-state index is 12.8. The molecule has 3 rings (SSSR count). The first kappa shape index (κ1) is 22.2. The number of piperazine rings is 1. The van der Waals surface area contributed by atoms with Crippen LogP contribution >= 0.6 is 11.8 Å². The van der Waals surface area contributed by atoms with E-state index in [0.29, 0.717) is 6.42 Å². The normalized spacial score (nSPS) is 23.7. The summed E-state index contributed by atoms with van der Waals surface area (Å²) in [7, 11) is 0. The smallest absolute Gasteiger partial charge is 0.236 e. The van der Waals surface area contributed by atoms with Crippen molar-refractivity contribution in [1.82, 2.24) is 9.80 Å². The van der Waals surface area contributed by atoms with E-state index in [-0.39, 0.29) is 27.9 Å². The van der Waals surface area contributed by atoms with Crippen LogP contribution < -0.4 is 4.90 Å². The third-order valence-corrected chi connectivity index (χ3v) is 7.54.